The number of hydrogen-bond acceptors (Lipinski definition) is 2. The number of aromatic hydroxyl groups is 1. The molecule has 168 valence electrons. The Hall–Kier alpha value is -1.81. The second-order valence-corrected chi connectivity index (χ2v) is 11.4. The van der Waals surface area contributed by atoms with Crippen molar-refractivity contribution in [2.75, 3.05) is 0 Å². The normalized spacial score (nSPS) is 30.4. The standard InChI is InChI=1S/C27H35BrO3/c1-17-7-6-13-26(3,4)21(17)12-14-27(5)22(18(2)8-11-24(27)28)16-20-15-19(25(30)31)9-10-23(20)29/h6,9-10,13,15,21-22,24,29H,1-2,7-8,11-12,14,16H2,3-5H3,(H,30,31)/t21-,22+,24-,27-/m0/s1. The number of benzene rings is 1. The van der Waals surface area contributed by atoms with Crippen LogP contribution >= 0.6 is 15.9 Å². The van der Waals surface area contributed by atoms with Crippen molar-refractivity contribution >= 4 is 21.9 Å². The third-order valence-corrected chi connectivity index (χ3v) is 9.27. The lowest BCUT2D eigenvalue weighted by molar-refractivity contribution is 0.0696. The van der Waals surface area contributed by atoms with Gasteiger partial charge in [0, 0.05) is 4.83 Å². The van der Waals surface area contributed by atoms with Crippen LogP contribution < -0.4 is 0 Å². The van der Waals surface area contributed by atoms with E-state index in [-0.39, 0.29) is 28.1 Å². The molecule has 0 spiro atoms. The molecule has 31 heavy (non-hydrogen) atoms. The predicted octanol–water partition coefficient (Wildman–Crippen LogP) is 7.31. The lowest BCUT2D eigenvalue weighted by Crippen LogP contribution is -2.42. The Kier molecular flexibility index (Phi) is 6.90. The molecule has 4 heteroatoms. The molecule has 0 radical (unpaired) electrons. The first-order valence-corrected chi connectivity index (χ1v) is 12.1. The van der Waals surface area contributed by atoms with E-state index in [9.17, 15) is 15.0 Å². The van der Waals surface area contributed by atoms with Crippen LogP contribution in [0.1, 0.15) is 68.8 Å². The number of hydrogen-bond donors (Lipinski definition) is 2. The summed E-state index contributed by atoms with van der Waals surface area (Å²) < 4.78 is 0. The molecule has 2 N–H and O–H groups in total. The molecule has 1 saturated carbocycles. The maximum atomic E-state index is 11.4. The number of carbonyl (C=O) groups is 1. The first-order chi connectivity index (χ1) is 14.5. The summed E-state index contributed by atoms with van der Waals surface area (Å²) in [7, 11) is 0. The van der Waals surface area contributed by atoms with E-state index in [1.165, 1.54) is 23.3 Å². The van der Waals surface area contributed by atoms with E-state index in [0.29, 0.717) is 22.7 Å². The molecule has 1 aromatic carbocycles. The fraction of sp³-hybridized carbons (Fsp3) is 0.519. The highest BCUT2D eigenvalue weighted by Crippen LogP contribution is 2.53. The fourth-order valence-corrected chi connectivity index (χ4v) is 6.42. The smallest absolute Gasteiger partial charge is 0.335 e. The van der Waals surface area contributed by atoms with Crippen molar-refractivity contribution in [2.24, 2.45) is 22.7 Å². The van der Waals surface area contributed by atoms with Crippen molar-refractivity contribution in [3.05, 3.63) is 65.8 Å². The monoisotopic (exact) mass is 486 g/mol. The van der Waals surface area contributed by atoms with Gasteiger partial charge in [0.1, 0.15) is 5.75 Å². The van der Waals surface area contributed by atoms with Crippen LogP contribution in [0.5, 0.6) is 5.75 Å². The summed E-state index contributed by atoms with van der Waals surface area (Å²) in [6.45, 7) is 15.7. The molecular formula is C27H35BrO3. The Morgan fingerprint density at radius 1 is 1.19 bits per heavy atom. The largest absolute Gasteiger partial charge is 0.508 e. The zero-order chi connectivity index (χ0) is 23.0. The Morgan fingerprint density at radius 3 is 2.55 bits per heavy atom. The Balaban J connectivity index is 1.88. The van der Waals surface area contributed by atoms with E-state index < -0.39 is 5.97 Å². The third-order valence-electron chi connectivity index (χ3n) is 7.76. The lowest BCUT2D eigenvalue weighted by Gasteiger charge is -2.48. The van der Waals surface area contributed by atoms with E-state index in [0.717, 1.165) is 32.1 Å². The maximum Gasteiger partial charge on any atom is 0.335 e. The summed E-state index contributed by atoms with van der Waals surface area (Å²) in [5.41, 5.74) is 3.45. The molecule has 0 amide bonds. The van der Waals surface area contributed by atoms with Gasteiger partial charge in [-0.1, -0.05) is 73.2 Å². The quantitative estimate of drug-likeness (QED) is 0.327. The van der Waals surface area contributed by atoms with Crippen molar-refractivity contribution in [3.8, 4) is 5.75 Å². The van der Waals surface area contributed by atoms with Gasteiger partial charge in [0.25, 0.3) is 0 Å². The number of halogens is 1. The van der Waals surface area contributed by atoms with Crippen LogP contribution in [0.2, 0.25) is 0 Å². The minimum absolute atomic E-state index is 0.0431. The molecule has 0 bridgehead atoms. The average Bonchev–Trinajstić information content (AvgIpc) is 2.68. The van der Waals surface area contributed by atoms with Gasteiger partial charge in [-0.3, -0.25) is 0 Å². The van der Waals surface area contributed by atoms with Crippen LogP contribution in [-0.2, 0) is 6.42 Å². The molecule has 0 heterocycles. The number of carboxylic acids is 1. The highest BCUT2D eigenvalue weighted by atomic mass is 79.9. The summed E-state index contributed by atoms with van der Waals surface area (Å²) in [5, 5.41) is 19.8. The van der Waals surface area contributed by atoms with Crippen LogP contribution in [0.4, 0.5) is 0 Å². The topological polar surface area (TPSA) is 57.5 Å². The second kappa shape index (κ2) is 8.97. The SMILES string of the molecule is C=C1CC[C@H](Br)[C@@](C)(CC[C@H]2C(=C)CC=CC2(C)C)[C@@H]1Cc1cc(C(=O)O)ccc1O. The van der Waals surface area contributed by atoms with Crippen molar-refractivity contribution in [1.29, 1.82) is 0 Å². The van der Waals surface area contributed by atoms with Gasteiger partial charge in [-0.2, -0.15) is 0 Å². The molecule has 0 aromatic heterocycles. The molecule has 1 aromatic rings. The van der Waals surface area contributed by atoms with Gasteiger partial charge in [-0.05, 0) is 85.0 Å². The van der Waals surface area contributed by atoms with E-state index in [1.807, 2.05) is 0 Å². The molecule has 3 nitrogen and oxygen atoms in total. The van der Waals surface area contributed by atoms with Crippen molar-refractivity contribution in [2.45, 2.75) is 64.1 Å². The summed E-state index contributed by atoms with van der Waals surface area (Å²) in [6, 6.07) is 4.56. The molecule has 2 aliphatic carbocycles. The Labute approximate surface area is 195 Å². The third kappa shape index (κ3) is 4.84. The van der Waals surface area contributed by atoms with Crippen LogP contribution in [0, 0.1) is 22.7 Å². The number of allylic oxidation sites excluding steroid dienone is 4. The first-order valence-electron chi connectivity index (χ1n) is 11.2. The Morgan fingerprint density at radius 2 is 1.90 bits per heavy atom. The highest BCUT2D eigenvalue weighted by Gasteiger charge is 2.45. The molecule has 0 unspecified atom stereocenters. The summed E-state index contributed by atoms with van der Waals surface area (Å²) in [4.78, 5) is 11.8. The van der Waals surface area contributed by atoms with Crippen LogP contribution in [0.15, 0.2) is 54.7 Å². The van der Waals surface area contributed by atoms with E-state index in [1.54, 1.807) is 6.07 Å². The number of carboxylic acid groups (broad SMARTS) is 1. The number of phenolic OH excluding ortho intramolecular Hbond substituents is 1. The summed E-state index contributed by atoms with van der Waals surface area (Å²) in [5.74, 6) is -0.218. The summed E-state index contributed by atoms with van der Waals surface area (Å²) >= 11 is 3.98. The van der Waals surface area contributed by atoms with Crippen molar-refractivity contribution in [1.82, 2.24) is 0 Å². The Bertz CT molecular complexity index is 913. The minimum Gasteiger partial charge on any atom is -0.508 e. The molecular weight excluding hydrogens is 452 g/mol. The average molecular weight is 487 g/mol. The molecule has 0 saturated heterocycles. The predicted molar refractivity (Wildman–Crippen MR) is 131 cm³/mol. The van der Waals surface area contributed by atoms with Crippen LogP contribution in [0.25, 0.3) is 0 Å². The lowest BCUT2D eigenvalue weighted by atomic mass is 9.59. The number of aromatic carboxylic acids is 1. The molecule has 3 rings (SSSR count). The molecule has 1 fully saturated rings. The number of phenols is 1. The van der Waals surface area contributed by atoms with Gasteiger partial charge < -0.3 is 10.2 Å². The second-order valence-electron chi connectivity index (χ2n) is 10.3. The minimum atomic E-state index is -0.976. The zero-order valence-corrected chi connectivity index (χ0v) is 20.5. The van der Waals surface area contributed by atoms with Gasteiger partial charge in [-0.25, -0.2) is 4.79 Å². The van der Waals surface area contributed by atoms with Gasteiger partial charge >= 0.3 is 5.97 Å². The van der Waals surface area contributed by atoms with E-state index in [2.05, 4.69) is 62.0 Å². The van der Waals surface area contributed by atoms with Crippen LogP contribution in [-0.4, -0.2) is 21.0 Å². The zero-order valence-electron chi connectivity index (χ0n) is 19.0. The molecule has 0 aliphatic heterocycles. The van der Waals surface area contributed by atoms with Gasteiger partial charge in [0.15, 0.2) is 0 Å². The number of alkyl halides is 1. The van der Waals surface area contributed by atoms with Crippen LogP contribution in [0.3, 0.4) is 0 Å². The first kappa shape index (κ1) is 23.8. The van der Waals surface area contributed by atoms with Gasteiger partial charge in [0.05, 0.1) is 5.56 Å². The van der Waals surface area contributed by atoms with E-state index >= 15 is 0 Å². The molecule has 2 aliphatic rings. The van der Waals surface area contributed by atoms with Gasteiger partial charge in [-0.15, -0.1) is 0 Å². The number of rotatable bonds is 6. The highest BCUT2D eigenvalue weighted by molar-refractivity contribution is 9.09. The maximum absolute atomic E-state index is 11.4. The van der Waals surface area contributed by atoms with Crippen molar-refractivity contribution in [3.63, 3.8) is 0 Å². The summed E-state index contributed by atoms with van der Waals surface area (Å²) in [6.07, 6.45) is 10.2. The van der Waals surface area contributed by atoms with E-state index in [4.69, 9.17) is 0 Å². The van der Waals surface area contributed by atoms with Gasteiger partial charge in [0.2, 0.25) is 0 Å². The fourth-order valence-electron chi connectivity index (χ4n) is 5.64. The van der Waals surface area contributed by atoms with Crippen molar-refractivity contribution < 1.29 is 15.0 Å². The molecule has 4 atom stereocenters.